The van der Waals surface area contributed by atoms with E-state index in [1.165, 1.54) is 4.88 Å². The van der Waals surface area contributed by atoms with Crippen LogP contribution < -0.4 is 5.32 Å². The molecule has 2 fully saturated rings. The van der Waals surface area contributed by atoms with Crippen LogP contribution in [0.3, 0.4) is 0 Å². The largest absolute Gasteiger partial charge is 0.378 e. The molecule has 0 aromatic carbocycles. The highest BCUT2D eigenvalue weighted by Gasteiger charge is 2.24. The lowest BCUT2D eigenvalue weighted by Crippen LogP contribution is -2.54. The van der Waals surface area contributed by atoms with Gasteiger partial charge in [-0.25, -0.2) is 9.98 Å². The van der Waals surface area contributed by atoms with Crippen molar-refractivity contribution in [3.63, 3.8) is 0 Å². The van der Waals surface area contributed by atoms with Crippen molar-refractivity contribution in [2.75, 3.05) is 65.6 Å². The van der Waals surface area contributed by atoms with Gasteiger partial charge < -0.3 is 19.9 Å². The van der Waals surface area contributed by atoms with Crippen molar-refractivity contribution in [1.82, 2.24) is 25.0 Å². The van der Waals surface area contributed by atoms with Gasteiger partial charge in [0.1, 0.15) is 5.01 Å². The summed E-state index contributed by atoms with van der Waals surface area (Å²) in [5, 5.41) is 4.42. The highest BCUT2D eigenvalue weighted by atomic mass is 127. The summed E-state index contributed by atoms with van der Waals surface area (Å²) in [6.45, 7) is 12.3. The Hall–Kier alpha value is -0.980. The molecular formula is C18H31IN6O2S. The fourth-order valence-electron chi connectivity index (χ4n) is 3.26. The Bertz CT molecular complexity index is 642. The van der Waals surface area contributed by atoms with E-state index in [0.29, 0.717) is 39.4 Å². The number of aliphatic imine (C=N–C) groups is 1. The molecule has 0 saturated carbocycles. The molecule has 2 saturated heterocycles. The molecule has 8 nitrogen and oxygen atoms in total. The monoisotopic (exact) mass is 522 g/mol. The molecule has 1 aromatic heterocycles. The second-order valence-electron chi connectivity index (χ2n) is 6.79. The minimum atomic E-state index is 0. The van der Waals surface area contributed by atoms with E-state index in [4.69, 9.17) is 9.73 Å². The summed E-state index contributed by atoms with van der Waals surface area (Å²) in [6.07, 6.45) is 1.90. The van der Waals surface area contributed by atoms with Crippen molar-refractivity contribution in [3.8, 4) is 0 Å². The number of aromatic nitrogens is 1. The molecule has 28 heavy (non-hydrogen) atoms. The molecule has 1 amide bonds. The molecule has 0 aliphatic carbocycles. The number of hydrogen-bond acceptors (Lipinski definition) is 6. The molecular weight excluding hydrogens is 491 g/mol. The zero-order valence-corrected chi connectivity index (χ0v) is 19.9. The predicted octanol–water partition coefficient (Wildman–Crippen LogP) is 1.01. The van der Waals surface area contributed by atoms with Gasteiger partial charge in [-0.2, -0.15) is 0 Å². The van der Waals surface area contributed by atoms with Crippen LogP contribution in [0.5, 0.6) is 0 Å². The first-order chi connectivity index (χ1) is 13.2. The van der Waals surface area contributed by atoms with Crippen LogP contribution in [-0.4, -0.2) is 97.1 Å². The Morgan fingerprint density at radius 1 is 1.21 bits per heavy atom. The van der Waals surface area contributed by atoms with E-state index in [1.807, 2.05) is 11.1 Å². The molecule has 1 N–H and O–H groups in total. The Labute approximate surface area is 188 Å². The number of amides is 1. The fourth-order valence-corrected chi connectivity index (χ4v) is 3.98. The van der Waals surface area contributed by atoms with Crippen LogP contribution in [0.4, 0.5) is 0 Å². The van der Waals surface area contributed by atoms with Gasteiger partial charge in [-0.3, -0.25) is 9.69 Å². The molecule has 2 aliphatic rings. The van der Waals surface area contributed by atoms with E-state index >= 15 is 0 Å². The number of morpholine rings is 1. The molecule has 158 valence electrons. The first-order valence-corrected chi connectivity index (χ1v) is 10.5. The number of nitrogens with zero attached hydrogens (tertiary/aromatic N) is 5. The third-order valence-corrected chi connectivity index (χ3v) is 5.66. The molecule has 0 radical (unpaired) electrons. The maximum atomic E-state index is 12.4. The van der Waals surface area contributed by atoms with Gasteiger partial charge in [0.15, 0.2) is 5.96 Å². The number of hydrogen-bond donors (Lipinski definition) is 1. The van der Waals surface area contributed by atoms with Crippen LogP contribution in [-0.2, 0) is 16.1 Å². The summed E-state index contributed by atoms with van der Waals surface area (Å²) in [5.41, 5.74) is 0. The van der Waals surface area contributed by atoms with Gasteiger partial charge in [-0.15, -0.1) is 35.3 Å². The Balaban J connectivity index is 0.00000280. The topological polar surface area (TPSA) is 73.3 Å². The zero-order chi connectivity index (χ0) is 19.1. The minimum Gasteiger partial charge on any atom is -0.378 e. The number of carbonyl (C=O) groups is 1. The summed E-state index contributed by atoms with van der Waals surface area (Å²) >= 11 is 1.69. The van der Waals surface area contributed by atoms with E-state index in [1.54, 1.807) is 11.3 Å². The lowest BCUT2D eigenvalue weighted by Gasteiger charge is -2.37. The summed E-state index contributed by atoms with van der Waals surface area (Å²) in [6, 6.07) is 0. The van der Waals surface area contributed by atoms with E-state index in [2.05, 4.69) is 33.9 Å². The number of piperazine rings is 1. The standard InChI is InChI=1S/C18H30N6O2S.HI/c1-3-19-18(21-13-16-20-12-15(2)27-16)24-6-4-22(5-7-24)14-17(25)23-8-10-26-11-9-23;/h12H,3-11,13-14H2,1-2H3,(H,19,21);1H. The average Bonchev–Trinajstić information content (AvgIpc) is 3.12. The number of ether oxygens (including phenoxy) is 1. The molecule has 0 bridgehead atoms. The first kappa shape index (κ1) is 23.3. The van der Waals surface area contributed by atoms with Crippen LogP contribution in [0.1, 0.15) is 16.8 Å². The van der Waals surface area contributed by atoms with E-state index in [9.17, 15) is 4.79 Å². The van der Waals surface area contributed by atoms with Crippen molar-refractivity contribution in [1.29, 1.82) is 0 Å². The molecule has 2 aliphatic heterocycles. The summed E-state index contributed by atoms with van der Waals surface area (Å²) in [4.78, 5) is 29.2. The van der Waals surface area contributed by atoms with Crippen molar-refractivity contribution >= 4 is 47.2 Å². The summed E-state index contributed by atoms with van der Waals surface area (Å²) < 4.78 is 5.32. The SMILES string of the molecule is CCNC(=NCc1ncc(C)s1)N1CCN(CC(=O)N2CCOCC2)CC1.I. The quantitative estimate of drug-likeness (QED) is 0.354. The Morgan fingerprint density at radius 2 is 1.93 bits per heavy atom. The van der Waals surface area contributed by atoms with Crippen LogP contribution in [0.2, 0.25) is 0 Å². The van der Waals surface area contributed by atoms with Gasteiger partial charge in [0.2, 0.25) is 5.91 Å². The van der Waals surface area contributed by atoms with Crippen molar-refractivity contribution in [3.05, 3.63) is 16.1 Å². The summed E-state index contributed by atoms with van der Waals surface area (Å²) in [5.74, 6) is 1.15. The molecule has 0 spiro atoms. The van der Waals surface area contributed by atoms with Crippen molar-refractivity contribution in [2.24, 2.45) is 4.99 Å². The number of nitrogens with one attached hydrogen (secondary N) is 1. The maximum Gasteiger partial charge on any atom is 0.236 e. The van der Waals surface area contributed by atoms with Crippen LogP contribution in [0.15, 0.2) is 11.2 Å². The molecule has 3 rings (SSSR count). The second-order valence-corrected chi connectivity index (χ2v) is 8.11. The number of rotatable bonds is 5. The Morgan fingerprint density at radius 3 is 2.54 bits per heavy atom. The van der Waals surface area contributed by atoms with E-state index < -0.39 is 0 Å². The number of thiazole rings is 1. The lowest BCUT2D eigenvalue weighted by atomic mass is 10.3. The predicted molar refractivity (Wildman–Crippen MR) is 122 cm³/mol. The normalized spacial score (nSPS) is 18.7. The van der Waals surface area contributed by atoms with Gasteiger partial charge in [0.05, 0.1) is 26.3 Å². The number of aryl methyl sites for hydroxylation is 1. The Kier molecular flexibility index (Phi) is 9.89. The third-order valence-electron chi connectivity index (χ3n) is 4.76. The molecule has 3 heterocycles. The van der Waals surface area contributed by atoms with Gasteiger partial charge >= 0.3 is 0 Å². The third kappa shape index (κ3) is 6.82. The minimum absolute atomic E-state index is 0. The first-order valence-electron chi connectivity index (χ1n) is 9.68. The number of carbonyl (C=O) groups excluding carboxylic acids is 1. The highest BCUT2D eigenvalue weighted by Crippen LogP contribution is 2.12. The van der Waals surface area contributed by atoms with Crippen molar-refractivity contribution < 1.29 is 9.53 Å². The summed E-state index contributed by atoms with van der Waals surface area (Å²) in [7, 11) is 0. The van der Waals surface area contributed by atoms with Crippen LogP contribution in [0.25, 0.3) is 0 Å². The highest BCUT2D eigenvalue weighted by molar-refractivity contribution is 14.0. The van der Waals surface area contributed by atoms with Gasteiger partial charge in [0, 0.05) is 56.9 Å². The van der Waals surface area contributed by atoms with Gasteiger partial charge in [-0.05, 0) is 13.8 Å². The fraction of sp³-hybridized carbons (Fsp3) is 0.722. The molecule has 0 unspecified atom stereocenters. The molecule has 10 heteroatoms. The maximum absolute atomic E-state index is 12.4. The lowest BCUT2D eigenvalue weighted by molar-refractivity contribution is -0.136. The van der Waals surface area contributed by atoms with Crippen LogP contribution in [0, 0.1) is 6.92 Å². The molecule has 0 atom stereocenters. The van der Waals surface area contributed by atoms with Gasteiger partial charge in [-0.1, -0.05) is 0 Å². The van der Waals surface area contributed by atoms with Crippen molar-refractivity contribution in [2.45, 2.75) is 20.4 Å². The molecule has 1 aromatic rings. The zero-order valence-electron chi connectivity index (χ0n) is 16.7. The van der Waals surface area contributed by atoms with E-state index in [0.717, 1.165) is 43.7 Å². The number of halogens is 1. The van der Waals surface area contributed by atoms with Gasteiger partial charge in [0.25, 0.3) is 0 Å². The number of guanidine groups is 1. The smallest absolute Gasteiger partial charge is 0.236 e. The van der Waals surface area contributed by atoms with E-state index in [-0.39, 0.29) is 29.9 Å². The van der Waals surface area contributed by atoms with Crippen LogP contribution >= 0.6 is 35.3 Å². The second kappa shape index (κ2) is 11.9. The average molecular weight is 522 g/mol.